The monoisotopic (exact) mass is 252 g/mol. The molecule has 0 radical (unpaired) electrons. The third-order valence-electron chi connectivity index (χ3n) is 3.39. The van der Waals surface area contributed by atoms with Gasteiger partial charge in [-0.1, -0.05) is 0 Å². The molecule has 6 nitrogen and oxygen atoms in total. The molecule has 1 amide bonds. The molecule has 1 aromatic rings. The largest absolute Gasteiger partial charge is 0.396 e. The van der Waals surface area contributed by atoms with Crippen LogP contribution >= 0.6 is 0 Å². The number of aryl methyl sites for hydroxylation is 2. The summed E-state index contributed by atoms with van der Waals surface area (Å²) < 4.78 is 0. The highest BCUT2D eigenvalue weighted by Crippen LogP contribution is 2.17. The van der Waals surface area contributed by atoms with Crippen molar-refractivity contribution in [3.8, 4) is 0 Å². The number of aliphatic hydroxyl groups excluding tert-OH is 1. The Balaban J connectivity index is 1.86. The van der Waals surface area contributed by atoms with Crippen LogP contribution in [-0.2, 0) is 4.79 Å². The Morgan fingerprint density at radius 3 is 2.94 bits per heavy atom. The molecule has 1 saturated heterocycles. The van der Waals surface area contributed by atoms with Crippen molar-refractivity contribution >= 4 is 11.6 Å². The third-order valence-corrected chi connectivity index (χ3v) is 3.39. The number of hydrogen-bond acceptors (Lipinski definition) is 4. The highest BCUT2D eigenvalue weighted by molar-refractivity contribution is 5.93. The summed E-state index contributed by atoms with van der Waals surface area (Å²) in [6, 6.07) is 0. The number of H-pyrrole nitrogens is 1. The van der Waals surface area contributed by atoms with Crippen molar-refractivity contribution in [2.75, 3.05) is 31.6 Å². The van der Waals surface area contributed by atoms with Gasteiger partial charge < -0.3 is 10.4 Å². The van der Waals surface area contributed by atoms with Crippen molar-refractivity contribution in [2.45, 2.75) is 20.3 Å². The van der Waals surface area contributed by atoms with E-state index in [1.165, 1.54) is 0 Å². The Labute approximate surface area is 106 Å². The molecule has 18 heavy (non-hydrogen) atoms. The number of nitrogens with one attached hydrogen (secondary N) is 2. The van der Waals surface area contributed by atoms with Crippen LogP contribution in [0, 0.1) is 19.8 Å². The van der Waals surface area contributed by atoms with E-state index in [1.54, 1.807) is 0 Å². The van der Waals surface area contributed by atoms with Crippen molar-refractivity contribution in [3.63, 3.8) is 0 Å². The van der Waals surface area contributed by atoms with E-state index in [0.717, 1.165) is 36.6 Å². The lowest BCUT2D eigenvalue weighted by Crippen LogP contribution is -2.32. The number of aromatic nitrogens is 2. The molecule has 6 heteroatoms. The molecule has 0 aliphatic carbocycles. The minimum atomic E-state index is -0.0267. The lowest BCUT2D eigenvalue weighted by molar-refractivity contribution is -0.117. The maximum absolute atomic E-state index is 11.9. The summed E-state index contributed by atoms with van der Waals surface area (Å²) in [6.45, 7) is 6.00. The molecule has 1 fully saturated rings. The molecular weight excluding hydrogens is 232 g/mol. The van der Waals surface area contributed by atoms with Gasteiger partial charge in [0.2, 0.25) is 5.91 Å². The first-order valence-electron chi connectivity index (χ1n) is 6.24. The van der Waals surface area contributed by atoms with Gasteiger partial charge in [0.05, 0.1) is 23.6 Å². The minimum Gasteiger partial charge on any atom is -0.396 e. The lowest BCUT2D eigenvalue weighted by Gasteiger charge is -2.15. The summed E-state index contributed by atoms with van der Waals surface area (Å²) >= 11 is 0. The Morgan fingerprint density at radius 1 is 1.61 bits per heavy atom. The summed E-state index contributed by atoms with van der Waals surface area (Å²) in [4.78, 5) is 14.0. The van der Waals surface area contributed by atoms with Crippen LogP contribution in [0.4, 0.5) is 5.69 Å². The fourth-order valence-corrected chi connectivity index (χ4v) is 2.32. The van der Waals surface area contributed by atoms with Crippen LogP contribution in [0.1, 0.15) is 17.8 Å². The molecular formula is C12H20N4O2. The first kappa shape index (κ1) is 13.0. The van der Waals surface area contributed by atoms with E-state index in [0.29, 0.717) is 12.5 Å². The number of anilines is 1. The van der Waals surface area contributed by atoms with Gasteiger partial charge in [0.25, 0.3) is 0 Å². The summed E-state index contributed by atoms with van der Waals surface area (Å²) in [5.41, 5.74) is 2.45. The van der Waals surface area contributed by atoms with Gasteiger partial charge in [-0.2, -0.15) is 5.10 Å². The van der Waals surface area contributed by atoms with Gasteiger partial charge in [-0.15, -0.1) is 0 Å². The van der Waals surface area contributed by atoms with E-state index in [-0.39, 0.29) is 12.5 Å². The molecule has 2 heterocycles. The van der Waals surface area contributed by atoms with Crippen LogP contribution in [0.2, 0.25) is 0 Å². The van der Waals surface area contributed by atoms with Crippen LogP contribution < -0.4 is 5.32 Å². The number of carbonyl (C=O) groups excluding carboxylic acids is 1. The second-order valence-electron chi connectivity index (χ2n) is 4.93. The molecule has 0 spiro atoms. The standard InChI is InChI=1S/C12H20N4O2/c1-8-12(9(2)15-14-8)13-11(18)6-16-4-3-10(5-16)7-17/h10,17H,3-7H2,1-2H3,(H,13,18)(H,14,15). The summed E-state index contributed by atoms with van der Waals surface area (Å²) in [5, 5.41) is 18.8. The van der Waals surface area contributed by atoms with Crippen molar-refractivity contribution in [1.29, 1.82) is 0 Å². The number of amides is 1. The van der Waals surface area contributed by atoms with Crippen molar-refractivity contribution in [1.82, 2.24) is 15.1 Å². The SMILES string of the molecule is Cc1n[nH]c(C)c1NC(=O)CN1CCC(CO)C1. The highest BCUT2D eigenvalue weighted by atomic mass is 16.3. The molecule has 1 aliphatic heterocycles. The fraction of sp³-hybridized carbons (Fsp3) is 0.667. The van der Waals surface area contributed by atoms with Crippen molar-refractivity contribution < 1.29 is 9.90 Å². The predicted octanol–water partition coefficient (Wildman–Crippen LogP) is 0.279. The van der Waals surface area contributed by atoms with E-state index in [2.05, 4.69) is 20.4 Å². The van der Waals surface area contributed by atoms with Crippen molar-refractivity contribution in [2.24, 2.45) is 5.92 Å². The topological polar surface area (TPSA) is 81.2 Å². The van der Waals surface area contributed by atoms with Gasteiger partial charge in [0.1, 0.15) is 0 Å². The zero-order valence-corrected chi connectivity index (χ0v) is 10.9. The number of aromatic amines is 1. The Kier molecular flexibility index (Phi) is 3.98. The quantitative estimate of drug-likeness (QED) is 0.719. The van der Waals surface area contributed by atoms with E-state index >= 15 is 0 Å². The molecule has 1 unspecified atom stereocenters. The smallest absolute Gasteiger partial charge is 0.238 e. The maximum atomic E-state index is 11.9. The minimum absolute atomic E-state index is 0.0267. The fourth-order valence-electron chi connectivity index (χ4n) is 2.32. The first-order valence-corrected chi connectivity index (χ1v) is 6.24. The molecule has 100 valence electrons. The second kappa shape index (κ2) is 5.49. The van der Waals surface area contributed by atoms with E-state index in [4.69, 9.17) is 5.11 Å². The molecule has 1 aliphatic rings. The van der Waals surface area contributed by atoms with Gasteiger partial charge in [-0.05, 0) is 32.7 Å². The summed E-state index contributed by atoms with van der Waals surface area (Å²) in [6.07, 6.45) is 0.966. The highest BCUT2D eigenvalue weighted by Gasteiger charge is 2.23. The van der Waals surface area contributed by atoms with Gasteiger partial charge in [-0.25, -0.2) is 0 Å². The number of aliphatic hydroxyl groups is 1. The van der Waals surface area contributed by atoms with E-state index in [9.17, 15) is 4.79 Å². The molecule has 0 saturated carbocycles. The van der Waals surface area contributed by atoms with Crippen LogP contribution in [-0.4, -0.2) is 52.4 Å². The van der Waals surface area contributed by atoms with Gasteiger partial charge in [0.15, 0.2) is 0 Å². The van der Waals surface area contributed by atoms with Gasteiger partial charge >= 0.3 is 0 Å². The number of likely N-dealkylation sites (tertiary alicyclic amines) is 1. The summed E-state index contributed by atoms with van der Waals surface area (Å²) in [5.74, 6) is 0.288. The van der Waals surface area contributed by atoms with E-state index < -0.39 is 0 Å². The second-order valence-corrected chi connectivity index (χ2v) is 4.93. The maximum Gasteiger partial charge on any atom is 0.238 e. The van der Waals surface area contributed by atoms with Crippen LogP contribution in [0.5, 0.6) is 0 Å². The zero-order chi connectivity index (χ0) is 13.1. The first-order chi connectivity index (χ1) is 8.60. The Hall–Kier alpha value is -1.40. The molecule has 3 N–H and O–H groups in total. The molecule has 0 aromatic carbocycles. The average molecular weight is 252 g/mol. The zero-order valence-electron chi connectivity index (χ0n) is 10.9. The Bertz CT molecular complexity index is 410. The lowest BCUT2D eigenvalue weighted by atomic mass is 10.1. The van der Waals surface area contributed by atoms with Gasteiger partial charge in [-0.3, -0.25) is 14.8 Å². The predicted molar refractivity (Wildman–Crippen MR) is 68.3 cm³/mol. The molecule has 1 atom stereocenters. The molecule has 2 rings (SSSR count). The summed E-state index contributed by atoms with van der Waals surface area (Å²) in [7, 11) is 0. The van der Waals surface area contributed by atoms with Crippen LogP contribution in [0.25, 0.3) is 0 Å². The van der Waals surface area contributed by atoms with Crippen LogP contribution in [0.3, 0.4) is 0 Å². The normalized spacial score (nSPS) is 20.3. The number of nitrogens with zero attached hydrogens (tertiary/aromatic N) is 2. The molecule has 0 bridgehead atoms. The number of hydrogen-bond donors (Lipinski definition) is 3. The number of rotatable bonds is 4. The van der Waals surface area contributed by atoms with Crippen LogP contribution in [0.15, 0.2) is 0 Å². The van der Waals surface area contributed by atoms with E-state index in [1.807, 2.05) is 13.8 Å². The number of carbonyl (C=O) groups is 1. The third kappa shape index (κ3) is 2.88. The van der Waals surface area contributed by atoms with Crippen molar-refractivity contribution in [3.05, 3.63) is 11.4 Å². The van der Waals surface area contributed by atoms with Gasteiger partial charge in [0, 0.05) is 13.2 Å². The Morgan fingerprint density at radius 2 is 2.39 bits per heavy atom. The molecule has 1 aromatic heterocycles. The average Bonchev–Trinajstić information content (AvgIpc) is 2.91.